The zero-order chi connectivity index (χ0) is 19.1. The van der Waals surface area contributed by atoms with Gasteiger partial charge in [0.2, 0.25) is 0 Å². The first-order chi connectivity index (χ1) is 13.1. The molecule has 2 aromatic rings. The molecule has 1 fully saturated rings. The van der Waals surface area contributed by atoms with Crippen LogP contribution in [0.1, 0.15) is 30.3 Å². The highest BCUT2D eigenvalue weighted by Gasteiger charge is 2.31. The number of hydrogen-bond donors (Lipinski definition) is 3. The number of nitrogens with zero attached hydrogens (tertiary/aromatic N) is 3. The number of ether oxygens (including phenoxy) is 1. The summed E-state index contributed by atoms with van der Waals surface area (Å²) in [7, 11) is 0. The van der Waals surface area contributed by atoms with Crippen molar-refractivity contribution in [1.82, 2.24) is 25.4 Å². The number of rotatable bonds is 7. The zero-order valence-electron chi connectivity index (χ0n) is 14.9. The monoisotopic (exact) mass is 373 g/mol. The van der Waals surface area contributed by atoms with Gasteiger partial charge in [-0.15, -0.1) is 0 Å². The van der Waals surface area contributed by atoms with Gasteiger partial charge >= 0.3 is 12.0 Å². The van der Waals surface area contributed by atoms with Gasteiger partial charge in [0, 0.05) is 19.0 Å². The van der Waals surface area contributed by atoms with Gasteiger partial charge in [0.05, 0.1) is 13.2 Å². The Balaban J connectivity index is 1.68. The van der Waals surface area contributed by atoms with Crippen molar-refractivity contribution < 1.29 is 19.4 Å². The normalized spacial score (nSPS) is 18.1. The number of amides is 2. The van der Waals surface area contributed by atoms with Crippen LogP contribution in [-0.4, -0.2) is 63.0 Å². The van der Waals surface area contributed by atoms with Gasteiger partial charge in [-0.2, -0.15) is 5.10 Å². The molecule has 2 atom stereocenters. The van der Waals surface area contributed by atoms with E-state index in [4.69, 9.17) is 9.84 Å². The van der Waals surface area contributed by atoms with E-state index in [-0.39, 0.29) is 24.5 Å². The number of carboxylic acids is 1. The number of nitrogens with one attached hydrogen (secondary N) is 2. The molecule has 1 aliphatic rings. The fraction of sp³-hybridized carbons (Fsp3) is 0.444. The van der Waals surface area contributed by atoms with E-state index in [1.165, 1.54) is 6.33 Å². The largest absolute Gasteiger partial charge is 0.481 e. The molecule has 1 aromatic carbocycles. The lowest BCUT2D eigenvalue weighted by atomic mass is 10.0. The molecule has 1 saturated heterocycles. The van der Waals surface area contributed by atoms with Gasteiger partial charge in [-0.25, -0.2) is 9.78 Å². The third-order valence-electron chi connectivity index (χ3n) is 4.50. The van der Waals surface area contributed by atoms with E-state index < -0.39 is 5.97 Å². The molecule has 2 heterocycles. The van der Waals surface area contributed by atoms with Crippen LogP contribution in [-0.2, 0) is 16.0 Å². The van der Waals surface area contributed by atoms with Crippen LogP contribution in [0.15, 0.2) is 36.7 Å². The summed E-state index contributed by atoms with van der Waals surface area (Å²) in [6.07, 6.45) is 2.31. The maximum absolute atomic E-state index is 12.9. The first-order valence-corrected chi connectivity index (χ1v) is 8.89. The average Bonchev–Trinajstić information content (AvgIpc) is 3.21. The van der Waals surface area contributed by atoms with E-state index in [1.807, 2.05) is 30.3 Å². The lowest BCUT2D eigenvalue weighted by Gasteiger charge is -2.35. The van der Waals surface area contributed by atoms with Gasteiger partial charge < -0.3 is 20.1 Å². The highest BCUT2D eigenvalue weighted by Crippen LogP contribution is 2.21. The Morgan fingerprint density at radius 2 is 2.19 bits per heavy atom. The van der Waals surface area contributed by atoms with E-state index in [0.717, 1.165) is 5.56 Å². The number of aliphatic carboxylic acids is 1. The van der Waals surface area contributed by atoms with Crippen molar-refractivity contribution in [2.24, 2.45) is 0 Å². The topological polar surface area (TPSA) is 120 Å². The third kappa shape index (κ3) is 5.27. The molecule has 3 N–H and O–H groups in total. The van der Waals surface area contributed by atoms with Crippen LogP contribution in [0.25, 0.3) is 0 Å². The smallest absolute Gasteiger partial charge is 0.318 e. The van der Waals surface area contributed by atoms with E-state index in [9.17, 15) is 9.59 Å². The summed E-state index contributed by atoms with van der Waals surface area (Å²) >= 11 is 0. The first-order valence-electron chi connectivity index (χ1n) is 8.89. The number of urea groups is 1. The molecule has 0 spiro atoms. The molecule has 1 aliphatic heterocycles. The van der Waals surface area contributed by atoms with E-state index in [2.05, 4.69) is 20.5 Å². The second kappa shape index (κ2) is 9.13. The highest BCUT2D eigenvalue weighted by atomic mass is 16.5. The Kier molecular flexibility index (Phi) is 6.37. The number of hydrogen-bond acceptors (Lipinski definition) is 5. The quantitative estimate of drug-likeness (QED) is 0.674. The summed E-state index contributed by atoms with van der Waals surface area (Å²) in [6, 6.07) is 8.81. The van der Waals surface area contributed by atoms with Gasteiger partial charge in [0.15, 0.2) is 0 Å². The van der Waals surface area contributed by atoms with Gasteiger partial charge in [0.25, 0.3) is 0 Å². The number of carbonyl (C=O) groups excluding carboxylic acids is 1. The maximum Gasteiger partial charge on any atom is 0.318 e. The Hall–Kier alpha value is -2.94. The number of aromatic nitrogens is 3. The van der Waals surface area contributed by atoms with Crippen LogP contribution in [0.4, 0.5) is 4.79 Å². The van der Waals surface area contributed by atoms with Crippen LogP contribution in [0.2, 0.25) is 0 Å². The van der Waals surface area contributed by atoms with E-state index in [0.29, 0.717) is 38.4 Å². The van der Waals surface area contributed by atoms with Crippen molar-refractivity contribution in [3.63, 3.8) is 0 Å². The average molecular weight is 373 g/mol. The molecule has 0 bridgehead atoms. The Bertz CT molecular complexity index is 737. The van der Waals surface area contributed by atoms with E-state index in [1.54, 1.807) is 4.90 Å². The van der Waals surface area contributed by atoms with Crippen LogP contribution in [0, 0.1) is 0 Å². The van der Waals surface area contributed by atoms with Gasteiger partial charge in [-0.05, 0) is 18.4 Å². The summed E-state index contributed by atoms with van der Waals surface area (Å²) in [5.41, 5.74) is 1.04. The number of aromatic amines is 1. The molecule has 9 nitrogen and oxygen atoms in total. The molecular formula is C18H23N5O4. The Labute approximate surface area is 156 Å². The molecular weight excluding hydrogens is 350 g/mol. The Morgan fingerprint density at radius 3 is 2.89 bits per heavy atom. The molecule has 0 saturated carbocycles. The predicted octanol–water partition coefficient (Wildman–Crippen LogP) is 1.36. The molecule has 0 radical (unpaired) electrons. The minimum atomic E-state index is -0.881. The van der Waals surface area contributed by atoms with Crippen molar-refractivity contribution in [3.8, 4) is 0 Å². The summed E-state index contributed by atoms with van der Waals surface area (Å²) < 4.78 is 5.48. The number of carbonyl (C=O) groups is 2. The number of H-pyrrole nitrogens is 1. The predicted molar refractivity (Wildman–Crippen MR) is 96.0 cm³/mol. The van der Waals surface area contributed by atoms with Gasteiger partial charge in [-0.3, -0.25) is 9.89 Å². The minimum Gasteiger partial charge on any atom is -0.481 e. The van der Waals surface area contributed by atoms with E-state index >= 15 is 0 Å². The third-order valence-corrected chi connectivity index (χ3v) is 4.50. The van der Waals surface area contributed by atoms with Crippen molar-refractivity contribution >= 4 is 12.0 Å². The summed E-state index contributed by atoms with van der Waals surface area (Å²) in [6.45, 7) is 1.20. The summed E-state index contributed by atoms with van der Waals surface area (Å²) in [5, 5.41) is 18.6. The zero-order valence-corrected chi connectivity index (χ0v) is 14.9. The van der Waals surface area contributed by atoms with Crippen LogP contribution in [0.5, 0.6) is 0 Å². The molecule has 3 rings (SSSR count). The molecule has 2 amide bonds. The summed E-state index contributed by atoms with van der Waals surface area (Å²) in [5.74, 6) is -0.316. The van der Waals surface area contributed by atoms with Crippen molar-refractivity contribution in [2.45, 2.75) is 31.3 Å². The standard InChI is InChI=1S/C18H23N5O4/c24-16(25)7-6-14(10-13-4-2-1-3-5-13)21-18(26)23-8-9-27-11-15(23)17-19-12-20-22-17/h1-5,12,14-15H,6-11H2,(H,21,26)(H,24,25)(H,19,20,22). The van der Waals surface area contributed by atoms with Crippen molar-refractivity contribution in [3.05, 3.63) is 48.0 Å². The highest BCUT2D eigenvalue weighted by molar-refractivity contribution is 5.75. The number of carboxylic acid groups (broad SMARTS) is 1. The van der Waals surface area contributed by atoms with Crippen LogP contribution in [0.3, 0.4) is 0 Å². The second-order valence-corrected chi connectivity index (χ2v) is 6.42. The van der Waals surface area contributed by atoms with Gasteiger partial charge in [-0.1, -0.05) is 30.3 Å². The van der Waals surface area contributed by atoms with Crippen LogP contribution >= 0.6 is 0 Å². The fourth-order valence-electron chi connectivity index (χ4n) is 3.13. The van der Waals surface area contributed by atoms with Crippen LogP contribution < -0.4 is 5.32 Å². The Morgan fingerprint density at radius 1 is 1.37 bits per heavy atom. The molecule has 27 heavy (non-hydrogen) atoms. The minimum absolute atomic E-state index is 0.00752. The SMILES string of the molecule is O=C(O)CCC(Cc1ccccc1)NC(=O)N1CCOCC1c1ncn[nH]1. The van der Waals surface area contributed by atoms with Gasteiger partial charge in [0.1, 0.15) is 18.2 Å². The maximum atomic E-state index is 12.9. The molecule has 2 unspecified atom stereocenters. The molecule has 0 aliphatic carbocycles. The fourth-order valence-corrected chi connectivity index (χ4v) is 3.13. The van der Waals surface area contributed by atoms with Crippen molar-refractivity contribution in [2.75, 3.05) is 19.8 Å². The number of morpholine rings is 1. The van der Waals surface area contributed by atoms with Crippen molar-refractivity contribution in [1.29, 1.82) is 0 Å². The summed E-state index contributed by atoms with van der Waals surface area (Å²) in [4.78, 5) is 29.7. The second-order valence-electron chi connectivity index (χ2n) is 6.42. The molecule has 9 heteroatoms. The lowest BCUT2D eigenvalue weighted by molar-refractivity contribution is -0.137. The lowest BCUT2D eigenvalue weighted by Crippen LogP contribution is -2.51. The first kappa shape index (κ1) is 18.8. The number of benzene rings is 1. The molecule has 144 valence electrons. The molecule has 1 aromatic heterocycles.